The molecule has 0 spiro atoms. The number of hydrogen-bond acceptors (Lipinski definition) is 3. The lowest BCUT2D eigenvalue weighted by atomic mass is 9.33. The molecule has 34 heavy (non-hydrogen) atoms. The Bertz CT molecular complexity index is 1540. The van der Waals surface area contributed by atoms with Gasteiger partial charge in [0.25, 0.3) is 6.71 Å². The Labute approximate surface area is 197 Å². The van der Waals surface area contributed by atoms with Crippen molar-refractivity contribution >= 4 is 40.2 Å². The topological polar surface area (TPSA) is 21.7 Å². The number of hydrogen-bond donors (Lipinski definition) is 0. The minimum Gasteiger partial charge on any atom is -0.458 e. The molecule has 0 aliphatic carbocycles. The summed E-state index contributed by atoms with van der Waals surface area (Å²) in [6, 6.07) is 38.0. The van der Waals surface area contributed by atoms with Gasteiger partial charge in [-0.3, -0.25) is 0 Å². The Hall–Kier alpha value is -4.44. The van der Waals surface area contributed by atoms with E-state index in [0.717, 1.165) is 56.6 Å². The van der Waals surface area contributed by atoms with Crippen molar-refractivity contribution in [1.82, 2.24) is 0 Å². The highest BCUT2D eigenvalue weighted by Gasteiger charge is 2.47. The van der Waals surface area contributed by atoms with Crippen LogP contribution in [0.4, 0.5) is 17.1 Å². The molecule has 3 aliphatic rings. The average molecular weight is 435 g/mol. The van der Waals surface area contributed by atoms with Gasteiger partial charge in [-0.15, -0.1) is 0 Å². The Kier molecular flexibility index (Phi) is 3.48. The van der Waals surface area contributed by atoms with Crippen LogP contribution in [0.5, 0.6) is 23.0 Å². The van der Waals surface area contributed by atoms with Gasteiger partial charge in [-0.1, -0.05) is 60.7 Å². The maximum atomic E-state index is 6.59. The third-order valence-electron chi connectivity index (χ3n) is 7.10. The summed E-state index contributed by atoms with van der Waals surface area (Å²) in [6.45, 7) is 0.0784. The quantitative estimate of drug-likeness (QED) is 0.318. The molecule has 0 fully saturated rings. The van der Waals surface area contributed by atoms with E-state index in [0.29, 0.717) is 0 Å². The van der Waals surface area contributed by atoms with Crippen molar-refractivity contribution in [2.75, 3.05) is 4.90 Å². The number of benzene rings is 5. The molecule has 3 aliphatic heterocycles. The van der Waals surface area contributed by atoms with Crippen LogP contribution in [-0.2, 0) is 0 Å². The maximum absolute atomic E-state index is 6.59. The molecular weight excluding hydrogens is 417 g/mol. The van der Waals surface area contributed by atoms with Crippen molar-refractivity contribution in [3.05, 3.63) is 109 Å². The second-order valence-electron chi connectivity index (χ2n) is 8.94. The number of ether oxygens (including phenoxy) is 2. The first-order chi connectivity index (χ1) is 16.9. The van der Waals surface area contributed by atoms with Gasteiger partial charge in [0.2, 0.25) is 0 Å². The molecule has 0 atom stereocenters. The Morgan fingerprint density at radius 1 is 0.471 bits per heavy atom. The van der Waals surface area contributed by atoms with E-state index in [2.05, 4.69) is 108 Å². The molecule has 0 saturated carbocycles. The lowest BCUT2D eigenvalue weighted by molar-refractivity contribution is 0.464. The molecule has 0 radical (unpaired) electrons. The Balaban J connectivity index is 1.43. The second-order valence-corrected chi connectivity index (χ2v) is 8.94. The van der Waals surface area contributed by atoms with Crippen molar-refractivity contribution in [2.24, 2.45) is 0 Å². The fourth-order valence-corrected chi connectivity index (χ4v) is 5.72. The van der Waals surface area contributed by atoms with Gasteiger partial charge in [0, 0.05) is 22.5 Å². The molecular formula is C30H18BNO2. The molecule has 3 heterocycles. The number of para-hydroxylation sites is 1. The molecule has 0 bridgehead atoms. The molecule has 8 rings (SSSR count). The van der Waals surface area contributed by atoms with E-state index < -0.39 is 0 Å². The van der Waals surface area contributed by atoms with E-state index in [1.165, 1.54) is 10.9 Å². The maximum Gasteiger partial charge on any atom is 0.266 e. The first-order valence-electron chi connectivity index (χ1n) is 11.6. The minimum absolute atomic E-state index is 0.0784. The van der Waals surface area contributed by atoms with Gasteiger partial charge in [-0.2, -0.15) is 0 Å². The van der Waals surface area contributed by atoms with E-state index in [1.807, 2.05) is 6.07 Å². The first-order valence-corrected chi connectivity index (χ1v) is 11.6. The summed E-state index contributed by atoms with van der Waals surface area (Å²) < 4.78 is 13.2. The highest BCUT2D eigenvalue weighted by atomic mass is 16.5. The summed E-state index contributed by atoms with van der Waals surface area (Å²) in [5.74, 6) is 3.57. The van der Waals surface area contributed by atoms with E-state index in [4.69, 9.17) is 9.47 Å². The molecule has 0 saturated heterocycles. The van der Waals surface area contributed by atoms with Crippen LogP contribution in [-0.4, -0.2) is 6.71 Å². The summed E-state index contributed by atoms with van der Waals surface area (Å²) >= 11 is 0. The first kappa shape index (κ1) is 18.0. The molecule has 0 aromatic heterocycles. The standard InChI is InChI=1S/C30H18BNO2/c1-3-9-19(10-4-1)20-17-26-30-27(18-20)34-25-16-8-14-23-29(25)31(30)28-22(13-7-15-24(28)33-26)32(23)21-11-5-2-6-12-21/h1-18H. The van der Waals surface area contributed by atoms with E-state index in [1.54, 1.807) is 0 Å². The molecule has 3 nitrogen and oxygen atoms in total. The largest absolute Gasteiger partial charge is 0.458 e. The number of rotatable bonds is 2. The van der Waals surface area contributed by atoms with Crippen LogP contribution in [0.25, 0.3) is 11.1 Å². The van der Waals surface area contributed by atoms with Crippen molar-refractivity contribution in [2.45, 2.75) is 0 Å². The fraction of sp³-hybridized carbons (Fsp3) is 0. The fourth-order valence-electron chi connectivity index (χ4n) is 5.72. The van der Waals surface area contributed by atoms with E-state index in [-0.39, 0.29) is 6.71 Å². The van der Waals surface area contributed by atoms with Crippen LogP contribution >= 0.6 is 0 Å². The molecule has 5 aromatic rings. The zero-order chi connectivity index (χ0) is 22.2. The summed E-state index contributed by atoms with van der Waals surface area (Å²) in [5, 5.41) is 0. The number of anilines is 3. The lowest BCUT2D eigenvalue weighted by Gasteiger charge is -2.42. The van der Waals surface area contributed by atoms with Crippen LogP contribution in [0.1, 0.15) is 0 Å². The van der Waals surface area contributed by atoms with Gasteiger partial charge in [-0.25, -0.2) is 0 Å². The highest BCUT2D eigenvalue weighted by molar-refractivity contribution is 7.00. The molecule has 5 aromatic carbocycles. The van der Waals surface area contributed by atoms with Crippen LogP contribution in [0.2, 0.25) is 0 Å². The van der Waals surface area contributed by atoms with Crippen molar-refractivity contribution in [3.63, 3.8) is 0 Å². The van der Waals surface area contributed by atoms with Crippen LogP contribution in [0, 0.1) is 0 Å². The molecule has 4 heteroatoms. The van der Waals surface area contributed by atoms with Crippen molar-refractivity contribution < 1.29 is 9.47 Å². The van der Waals surface area contributed by atoms with Crippen LogP contribution in [0.15, 0.2) is 109 Å². The SMILES string of the molecule is c1ccc(-c2cc3c4c(c2)Oc2cccc5c2B4c2c(cccc2N5c2ccccc2)O3)cc1. The summed E-state index contributed by atoms with van der Waals surface area (Å²) in [6.07, 6.45) is 0. The monoisotopic (exact) mass is 435 g/mol. The molecule has 0 unspecified atom stereocenters. The Morgan fingerprint density at radius 3 is 1.62 bits per heavy atom. The predicted molar refractivity (Wildman–Crippen MR) is 138 cm³/mol. The van der Waals surface area contributed by atoms with Crippen LogP contribution in [0.3, 0.4) is 0 Å². The van der Waals surface area contributed by atoms with Crippen molar-refractivity contribution in [1.29, 1.82) is 0 Å². The smallest absolute Gasteiger partial charge is 0.266 e. The van der Waals surface area contributed by atoms with Gasteiger partial charge in [0.1, 0.15) is 23.0 Å². The number of nitrogens with zero attached hydrogens (tertiary/aromatic N) is 1. The molecule has 158 valence electrons. The second kappa shape index (κ2) is 6.55. The van der Waals surface area contributed by atoms with Gasteiger partial charge >= 0.3 is 0 Å². The summed E-state index contributed by atoms with van der Waals surface area (Å²) in [4.78, 5) is 2.33. The normalized spacial score (nSPS) is 13.6. The lowest BCUT2D eigenvalue weighted by Crippen LogP contribution is -2.61. The Morgan fingerprint density at radius 2 is 1.03 bits per heavy atom. The zero-order valence-corrected chi connectivity index (χ0v) is 18.2. The van der Waals surface area contributed by atoms with E-state index in [9.17, 15) is 0 Å². The van der Waals surface area contributed by atoms with E-state index >= 15 is 0 Å². The van der Waals surface area contributed by atoms with Crippen molar-refractivity contribution in [3.8, 4) is 34.1 Å². The van der Waals surface area contributed by atoms with Gasteiger partial charge in [0.15, 0.2) is 0 Å². The predicted octanol–water partition coefficient (Wildman–Crippen LogP) is 5.86. The third-order valence-corrected chi connectivity index (χ3v) is 7.10. The molecule has 0 amide bonds. The zero-order valence-electron chi connectivity index (χ0n) is 18.2. The summed E-state index contributed by atoms with van der Waals surface area (Å²) in [7, 11) is 0. The van der Waals surface area contributed by atoms with Crippen LogP contribution < -0.4 is 30.8 Å². The van der Waals surface area contributed by atoms with Gasteiger partial charge in [0.05, 0.1) is 0 Å². The minimum atomic E-state index is 0.0784. The highest BCUT2D eigenvalue weighted by Crippen LogP contribution is 2.46. The third kappa shape index (κ3) is 2.32. The van der Waals surface area contributed by atoms with Gasteiger partial charge in [-0.05, 0) is 70.6 Å². The average Bonchev–Trinajstić information content (AvgIpc) is 2.89. The molecule has 0 N–H and O–H groups in total. The van der Waals surface area contributed by atoms with Gasteiger partial charge < -0.3 is 14.4 Å². The summed E-state index contributed by atoms with van der Waals surface area (Å²) in [5.41, 5.74) is 9.20.